The lowest BCUT2D eigenvalue weighted by molar-refractivity contribution is 0.524. The average molecular weight is 336 g/mol. The Morgan fingerprint density at radius 2 is 2.04 bits per heavy atom. The van der Waals surface area contributed by atoms with E-state index in [1.807, 2.05) is 23.0 Å². The lowest BCUT2D eigenvalue weighted by Gasteiger charge is -2.18. The Hall–Kier alpha value is -2.47. The largest absolute Gasteiger partial charge is 0.314 e. The standard InChI is InChI=1S/C19H24N6/c1-15(16-8-4-5-9-17(16)25-13-7-11-21-25)20-14-19-23-22-18-10-3-2-6-12-24(18)19/h4-5,7-9,11,13,15,20H,2-3,6,10,12,14H2,1H3/t15-/m0/s1. The van der Waals surface area contributed by atoms with Crippen molar-refractivity contribution in [3.63, 3.8) is 0 Å². The number of hydrogen-bond acceptors (Lipinski definition) is 4. The van der Waals surface area contributed by atoms with Crippen LogP contribution in [-0.4, -0.2) is 24.5 Å². The van der Waals surface area contributed by atoms with E-state index in [1.165, 1.54) is 24.8 Å². The SMILES string of the molecule is C[C@H](NCc1nnc2n1CCCCC2)c1ccccc1-n1cccn1. The van der Waals surface area contributed by atoms with Crippen LogP contribution in [0, 0.1) is 0 Å². The molecule has 0 saturated heterocycles. The van der Waals surface area contributed by atoms with Crippen molar-refractivity contribution in [1.82, 2.24) is 29.9 Å². The van der Waals surface area contributed by atoms with Crippen molar-refractivity contribution in [2.75, 3.05) is 0 Å². The van der Waals surface area contributed by atoms with E-state index < -0.39 is 0 Å². The maximum Gasteiger partial charge on any atom is 0.147 e. The number of para-hydroxylation sites is 1. The summed E-state index contributed by atoms with van der Waals surface area (Å²) in [5.41, 5.74) is 2.33. The Labute approximate surface area is 147 Å². The Morgan fingerprint density at radius 1 is 1.12 bits per heavy atom. The predicted molar refractivity (Wildman–Crippen MR) is 96.4 cm³/mol. The molecule has 1 atom stereocenters. The van der Waals surface area contributed by atoms with Gasteiger partial charge in [0.2, 0.25) is 0 Å². The van der Waals surface area contributed by atoms with Gasteiger partial charge in [-0.3, -0.25) is 0 Å². The molecule has 0 spiro atoms. The van der Waals surface area contributed by atoms with Gasteiger partial charge in [-0.15, -0.1) is 10.2 Å². The quantitative estimate of drug-likeness (QED) is 0.778. The summed E-state index contributed by atoms with van der Waals surface area (Å²) in [4.78, 5) is 0. The molecule has 0 fully saturated rings. The number of fused-ring (bicyclic) bond motifs is 1. The number of nitrogens with one attached hydrogen (secondary N) is 1. The van der Waals surface area contributed by atoms with Gasteiger partial charge < -0.3 is 9.88 Å². The molecule has 6 heteroatoms. The van der Waals surface area contributed by atoms with Gasteiger partial charge in [0.05, 0.1) is 12.2 Å². The van der Waals surface area contributed by atoms with Crippen molar-refractivity contribution in [2.24, 2.45) is 0 Å². The molecule has 0 amide bonds. The molecule has 0 aliphatic carbocycles. The molecule has 6 nitrogen and oxygen atoms in total. The van der Waals surface area contributed by atoms with Crippen LogP contribution in [0.3, 0.4) is 0 Å². The van der Waals surface area contributed by atoms with E-state index in [0.29, 0.717) is 0 Å². The molecule has 0 saturated carbocycles. The molecule has 0 radical (unpaired) electrons. The van der Waals surface area contributed by atoms with Crippen LogP contribution in [0.25, 0.3) is 5.69 Å². The number of benzene rings is 1. The van der Waals surface area contributed by atoms with Crippen LogP contribution in [0.4, 0.5) is 0 Å². The summed E-state index contributed by atoms with van der Waals surface area (Å²) in [5, 5.41) is 16.8. The van der Waals surface area contributed by atoms with Gasteiger partial charge in [0.1, 0.15) is 11.6 Å². The third-order valence-electron chi connectivity index (χ3n) is 4.91. The highest BCUT2D eigenvalue weighted by molar-refractivity contribution is 5.42. The molecule has 4 rings (SSSR count). The highest BCUT2D eigenvalue weighted by Gasteiger charge is 2.16. The summed E-state index contributed by atoms with van der Waals surface area (Å²) in [5.74, 6) is 2.18. The van der Waals surface area contributed by atoms with Gasteiger partial charge in [0.25, 0.3) is 0 Å². The fourth-order valence-corrected chi connectivity index (χ4v) is 3.50. The van der Waals surface area contributed by atoms with Gasteiger partial charge in [-0.1, -0.05) is 24.6 Å². The Balaban J connectivity index is 1.50. The van der Waals surface area contributed by atoms with Crippen LogP contribution in [-0.2, 0) is 19.5 Å². The monoisotopic (exact) mass is 336 g/mol. The predicted octanol–water partition coefficient (Wildman–Crippen LogP) is 3.04. The number of rotatable bonds is 5. The topological polar surface area (TPSA) is 60.6 Å². The van der Waals surface area contributed by atoms with Crippen molar-refractivity contribution < 1.29 is 0 Å². The van der Waals surface area contributed by atoms with Crippen molar-refractivity contribution in [1.29, 1.82) is 0 Å². The number of hydrogen-bond donors (Lipinski definition) is 1. The van der Waals surface area contributed by atoms with E-state index in [0.717, 1.165) is 36.8 Å². The Bertz CT molecular complexity index is 820. The van der Waals surface area contributed by atoms with Crippen LogP contribution < -0.4 is 5.32 Å². The van der Waals surface area contributed by atoms with Gasteiger partial charge in [-0.05, 0) is 37.5 Å². The zero-order chi connectivity index (χ0) is 17.1. The number of aryl methyl sites for hydroxylation is 1. The first kappa shape index (κ1) is 16.0. The van der Waals surface area contributed by atoms with Gasteiger partial charge in [-0.25, -0.2) is 4.68 Å². The van der Waals surface area contributed by atoms with Crippen molar-refractivity contribution in [3.8, 4) is 5.69 Å². The molecule has 130 valence electrons. The molecule has 2 aromatic heterocycles. The summed E-state index contributed by atoms with van der Waals surface area (Å²) >= 11 is 0. The minimum atomic E-state index is 0.194. The highest BCUT2D eigenvalue weighted by atomic mass is 15.3. The zero-order valence-corrected chi connectivity index (χ0v) is 14.6. The molecule has 1 N–H and O–H groups in total. The van der Waals surface area contributed by atoms with E-state index in [1.54, 1.807) is 6.20 Å². The van der Waals surface area contributed by atoms with Crippen molar-refractivity contribution >= 4 is 0 Å². The highest BCUT2D eigenvalue weighted by Crippen LogP contribution is 2.21. The smallest absolute Gasteiger partial charge is 0.147 e. The maximum atomic E-state index is 4.41. The van der Waals surface area contributed by atoms with Crippen LogP contribution in [0.15, 0.2) is 42.7 Å². The molecular formula is C19H24N6. The third kappa shape index (κ3) is 3.35. The molecule has 0 unspecified atom stereocenters. The summed E-state index contributed by atoms with van der Waals surface area (Å²) in [6.45, 7) is 3.95. The van der Waals surface area contributed by atoms with E-state index in [-0.39, 0.29) is 6.04 Å². The average Bonchev–Trinajstić information content (AvgIpc) is 3.25. The summed E-state index contributed by atoms with van der Waals surface area (Å²) < 4.78 is 4.21. The van der Waals surface area contributed by atoms with E-state index in [2.05, 4.69) is 50.3 Å². The minimum Gasteiger partial charge on any atom is -0.314 e. The second kappa shape index (κ2) is 7.19. The lowest BCUT2D eigenvalue weighted by atomic mass is 10.1. The fraction of sp³-hybridized carbons (Fsp3) is 0.421. The first-order valence-electron chi connectivity index (χ1n) is 9.06. The van der Waals surface area contributed by atoms with Crippen molar-refractivity contribution in [3.05, 3.63) is 59.9 Å². The van der Waals surface area contributed by atoms with Gasteiger partial charge in [0.15, 0.2) is 0 Å². The normalized spacial score (nSPS) is 15.6. The van der Waals surface area contributed by atoms with Gasteiger partial charge in [-0.2, -0.15) is 5.10 Å². The second-order valence-corrected chi connectivity index (χ2v) is 6.61. The summed E-state index contributed by atoms with van der Waals surface area (Å²) in [6, 6.07) is 10.5. The van der Waals surface area contributed by atoms with Crippen LogP contribution in [0.5, 0.6) is 0 Å². The minimum absolute atomic E-state index is 0.194. The summed E-state index contributed by atoms with van der Waals surface area (Å²) in [7, 11) is 0. The molecule has 3 aromatic rings. The first-order chi connectivity index (χ1) is 12.3. The van der Waals surface area contributed by atoms with Crippen molar-refractivity contribution in [2.45, 2.75) is 51.7 Å². The molecule has 25 heavy (non-hydrogen) atoms. The van der Waals surface area contributed by atoms with Gasteiger partial charge >= 0.3 is 0 Å². The lowest BCUT2D eigenvalue weighted by Crippen LogP contribution is -2.22. The number of nitrogens with zero attached hydrogens (tertiary/aromatic N) is 5. The zero-order valence-electron chi connectivity index (χ0n) is 14.6. The Kier molecular flexibility index (Phi) is 4.61. The molecule has 3 heterocycles. The molecule has 1 aliphatic rings. The Morgan fingerprint density at radius 3 is 2.92 bits per heavy atom. The third-order valence-corrected chi connectivity index (χ3v) is 4.91. The second-order valence-electron chi connectivity index (χ2n) is 6.61. The van der Waals surface area contributed by atoms with Crippen LogP contribution in [0.2, 0.25) is 0 Å². The van der Waals surface area contributed by atoms with E-state index in [9.17, 15) is 0 Å². The maximum absolute atomic E-state index is 4.41. The molecule has 1 aromatic carbocycles. The van der Waals surface area contributed by atoms with Gasteiger partial charge in [0, 0.05) is 31.4 Å². The van der Waals surface area contributed by atoms with Crippen LogP contribution in [0.1, 0.15) is 49.4 Å². The summed E-state index contributed by atoms with van der Waals surface area (Å²) in [6.07, 6.45) is 8.55. The molecular weight excluding hydrogens is 312 g/mol. The first-order valence-corrected chi connectivity index (χ1v) is 9.06. The van der Waals surface area contributed by atoms with E-state index >= 15 is 0 Å². The fourth-order valence-electron chi connectivity index (χ4n) is 3.50. The number of aromatic nitrogens is 5. The van der Waals surface area contributed by atoms with Crippen LogP contribution >= 0.6 is 0 Å². The molecule has 0 bridgehead atoms. The molecule has 1 aliphatic heterocycles. The van der Waals surface area contributed by atoms with E-state index in [4.69, 9.17) is 0 Å².